The molecule has 1 radical (unpaired) electrons. The summed E-state index contributed by atoms with van der Waals surface area (Å²) in [6.45, 7) is 0. The van der Waals surface area contributed by atoms with Gasteiger partial charge in [-0.1, -0.05) is 214 Å². The second kappa shape index (κ2) is 21.0. The molecule has 0 aromatic heterocycles. The monoisotopic (exact) mass is 731 g/mol. The Labute approximate surface area is 292 Å². The zero-order valence-corrected chi connectivity index (χ0v) is 29.8. The molecule has 0 heterocycles. The fraction of sp³-hybridized carbons (Fsp3) is 0.122. The molecule has 229 valence electrons. The van der Waals surface area contributed by atoms with E-state index in [1.807, 2.05) is 0 Å². The minimum Gasteiger partial charge on any atom is -1.00 e. The molecule has 0 atom stereocenters. The van der Waals surface area contributed by atoms with E-state index in [-0.39, 0.29) is 31.9 Å². The summed E-state index contributed by atoms with van der Waals surface area (Å²) in [6, 6.07) is 64.7. The van der Waals surface area contributed by atoms with Crippen LogP contribution in [-0.4, -0.2) is 0 Å². The van der Waals surface area contributed by atoms with Crippen LogP contribution in [0.25, 0.3) is 0 Å². The van der Waals surface area contributed by atoms with Crippen molar-refractivity contribution in [2.45, 2.75) is 32.1 Å². The van der Waals surface area contributed by atoms with Crippen molar-refractivity contribution < 1.29 is 31.9 Å². The minimum atomic E-state index is -0.446. The number of hydrogen-bond acceptors (Lipinski definition) is 0. The van der Waals surface area contributed by atoms with E-state index in [0.29, 0.717) is 0 Å². The molecule has 0 N–H and O–H groups in total. The van der Waals surface area contributed by atoms with E-state index >= 15 is 0 Å². The van der Waals surface area contributed by atoms with Crippen LogP contribution in [0.2, 0.25) is 0 Å². The maximum absolute atomic E-state index is 2.23. The van der Waals surface area contributed by atoms with Gasteiger partial charge in [0.05, 0.1) is 0 Å². The van der Waals surface area contributed by atoms with Crippen LogP contribution < -0.4 is 44.2 Å². The van der Waals surface area contributed by atoms with E-state index in [4.69, 9.17) is 0 Å². The summed E-state index contributed by atoms with van der Waals surface area (Å²) in [4.78, 5) is 0. The molecule has 0 saturated heterocycles. The average molecular weight is 731 g/mol. The van der Waals surface area contributed by atoms with Crippen molar-refractivity contribution in [1.82, 2.24) is 0 Å². The fourth-order valence-corrected chi connectivity index (χ4v) is 9.85. The van der Waals surface area contributed by atoms with Crippen LogP contribution in [0.1, 0.15) is 32.1 Å². The van der Waals surface area contributed by atoms with E-state index in [9.17, 15) is 0 Å². The third-order valence-corrected chi connectivity index (χ3v) is 12.2. The first-order valence-electron chi connectivity index (χ1n) is 15.3. The van der Waals surface area contributed by atoms with Gasteiger partial charge in [-0.25, -0.2) is 0 Å². The third kappa shape index (κ3) is 11.4. The van der Waals surface area contributed by atoms with Crippen molar-refractivity contribution in [2.24, 2.45) is 0 Å². The molecular formula is C41H40ClP2Ru. The SMILES string of the molecule is C1CCCC1.[Cl-].[Ru+].c1ccc(P(c2ccccc2)c2ccccc2)cc1.c1ccc(P(c2ccccc2)c2ccccc2)cc1. The van der Waals surface area contributed by atoms with Crippen LogP contribution in [0.5, 0.6) is 0 Å². The summed E-state index contributed by atoms with van der Waals surface area (Å²) in [7, 11) is -0.892. The molecule has 45 heavy (non-hydrogen) atoms. The largest absolute Gasteiger partial charge is 1.00 e. The fourth-order valence-electron chi connectivity index (χ4n) is 5.24. The number of rotatable bonds is 6. The van der Waals surface area contributed by atoms with Crippen LogP contribution in [0.4, 0.5) is 0 Å². The topological polar surface area (TPSA) is 0 Å². The summed E-state index contributed by atoms with van der Waals surface area (Å²) in [6.07, 6.45) is 7.50. The Kier molecular flexibility index (Phi) is 17.1. The van der Waals surface area contributed by atoms with Crippen molar-refractivity contribution in [3.8, 4) is 0 Å². The number of benzene rings is 6. The molecular weight excluding hydrogens is 691 g/mol. The van der Waals surface area contributed by atoms with Crippen LogP contribution in [0.3, 0.4) is 0 Å². The molecule has 6 aromatic carbocycles. The van der Waals surface area contributed by atoms with Gasteiger partial charge in [-0.2, -0.15) is 0 Å². The van der Waals surface area contributed by atoms with E-state index in [0.717, 1.165) is 0 Å². The van der Waals surface area contributed by atoms with Crippen molar-refractivity contribution in [3.05, 3.63) is 182 Å². The molecule has 1 fully saturated rings. The van der Waals surface area contributed by atoms with Crippen LogP contribution in [-0.2, 0) is 19.5 Å². The number of halogens is 1. The summed E-state index contributed by atoms with van der Waals surface area (Å²) >= 11 is 0. The molecule has 1 saturated carbocycles. The molecule has 0 spiro atoms. The van der Waals surface area contributed by atoms with Gasteiger partial charge in [0.15, 0.2) is 0 Å². The van der Waals surface area contributed by atoms with E-state index in [1.54, 1.807) is 0 Å². The Hall–Kier alpha value is -2.91. The first-order chi connectivity index (χ1) is 21.4. The summed E-state index contributed by atoms with van der Waals surface area (Å²) in [5, 5.41) is 8.39. The van der Waals surface area contributed by atoms with E-state index < -0.39 is 15.8 Å². The molecule has 0 unspecified atom stereocenters. The van der Waals surface area contributed by atoms with Crippen molar-refractivity contribution >= 4 is 47.7 Å². The Morgan fingerprint density at radius 3 is 0.511 bits per heavy atom. The predicted octanol–water partition coefficient (Wildman–Crippen LogP) is 5.84. The van der Waals surface area contributed by atoms with Gasteiger partial charge in [0.25, 0.3) is 0 Å². The van der Waals surface area contributed by atoms with Gasteiger partial charge in [0, 0.05) is 0 Å². The predicted molar refractivity (Wildman–Crippen MR) is 193 cm³/mol. The van der Waals surface area contributed by atoms with Crippen LogP contribution in [0.15, 0.2) is 182 Å². The normalized spacial score (nSPS) is 11.6. The van der Waals surface area contributed by atoms with Gasteiger partial charge >= 0.3 is 19.5 Å². The molecule has 0 nitrogen and oxygen atoms in total. The second-order valence-electron chi connectivity index (χ2n) is 10.5. The van der Waals surface area contributed by atoms with Gasteiger partial charge in [-0.05, 0) is 47.7 Å². The van der Waals surface area contributed by atoms with Gasteiger partial charge in [-0.15, -0.1) is 0 Å². The maximum Gasteiger partial charge on any atom is 1.00 e. The third-order valence-electron chi connectivity index (χ3n) is 7.34. The van der Waals surface area contributed by atoms with Crippen LogP contribution >= 0.6 is 15.8 Å². The Morgan fingerprint density at radius 1 is 0.244 bits per heavy atom. The maximum atomic E-state index is 2.23. The van der Waals surface area contributed by atoms with Crippen molar-refractivity contribution in [2.75, 3.05) is 0 Å². The molecule has 6 aromatic rings. The van der Waals surface area contributed by atoms with E-state index in [1.165, 1.54) is 63.9 Å². The molecule has 0 aliphatic heterocycles. The Bertz CT molecular complexity index is 1250. The van der Waals surface area contributed by atoms with Crippen molar-refractivity contribution in [3.63, 3.8) is 0 Å². The van der Waals surface area contributed by atoms with Gasteiger partial charge in [0.1, 0.15) is 0 Å². The van der Waals surface area contributed by atoms with Crippen molar-refractivity contribution in [1.29, 1.82) is 0 Å². The average Bonchev–Trinajstić information content (AvgIpc) is 3.69. The first kappa shape index (κ1) is 36.6. The van der Waals surface area contributed by atoms with Crippen LogP contribution in [0, 0.1) is 0 Å². The molecule has 7 rings (SSSR count). The molecule has 4 heteroatoms. The zero-order chi connectivity index (χ0) is 29.4. The van der Waals surface area contributed by atoms with E-state index in [2.05, 4.69) is 182 Å². The molecule has 1 aliphatic carbocycles. The molecule has 1 aliphatic rings. The summed E-state index contributed by atoms with van der Waals surface area (Å²) in [5.41, 5.74) is 0. The second-order valence-corrected chi connectivity index (χ2v) is 14.9. The smallest absolute Gasteiger partial charge is 1.00 e. The van der Waals surface area contributed by atoms with Gasteiger partial charge in [0.2, 0.25) is 0 Å². The minimum absolute atomic E-state index is 0. The number of hydrogen-bond donors (Lipinski definition) is 0. The summed E-state index contributed by atoms with van der Waals surface area (Å²) in [5.74, 6) is 0. The Balaban J connectivity index is 0.000000204. The van der Waals surface area contributed by atoms with Gasteiger partial charge < -0.3 is 12.4 Å². The quantitative estimate of drug-likeness (QED) is 0.149. The zero-order valence-electron chi connectivity index (χ0n) is 25.5. The first-order valence-corrected chi connectivity index (χ1v) is 18.0. The summed E-state index contributed by atoms with van der Waals surface area (Å²) < 4.78 is 0. The van der Waals surface area contributed by atoms with Gasteiger partial charge in [-0.3, -0.25) is 0 Å². The molecule has 0 bridgehead atoms. The Morgan fingerprint density at radius 2 is 0.378 bits per heavy atom. The standard InChI is InChI=1S/2C18H15P.C5H10.ClH.Ru/c2*1-4-10-16(11-5-1)19(17-12-6-2-7-13-17)18-14-8-3-9-15-18;1-2-4-5-3-1;;/h2*1-15H;1-5H2;1H;/q;;;;+1/p-1. The molecule has 0 amide bonds.